The third-order valence-electron chi connectivity index (χ3n) is 2.98. The lowest BCUT2D eigenvalue weighted by molar-refractivity contribution is -0.121. The van der Waals surface area contributed by atoms with Crippen molar-refractivity contribution in [3.05, 3.63) is 12.2 Å². The average Bonchev–Trinajstić information content (AvgIpc) is 2.66. The van der Waals surface area contributed by atoms with Crippen molar-refractivity contribution in [3.63, 3.8) is 0 Å². The number of Topliss-reactive ketones (excluding diaryl/α,β-unsaturated/α-hetero) is 1. The molecular weight excluding hydrogens is 136 g/mol. The second-order valence-electron chi connectivity index (χ2n) is 3.65. The van der Waals surface area contributed by atoms with E-state index in [4.69, 9.17) is 0 Å². The Morgan fingerprint density at radius 3 is 3.00 bits per heavy atom. The number of ketones is 1. The summed E-state index contributed by atoms with van der Waals surface area (Å²) in [5.74, 6) is 2.30. The molecule has 0 N–H and O–H groups in total. The van der Waals surface area contributed by atoms with Crippen LogP contribution in [0.2, 0.25) is 0 Å². The largest absolute Gasteiger partial charge is 0.299 e. The zero-order valence-electron chi connectivity index (χ0n) is 6.92. The van der Waals surface area contributed by atoms with E-state index in [0.717, 1.165) is 18.8 Å². The van der Waals surface area contributed by atoms with Crippen molar-refractivity contribution in [2.45, 2.75) is 26.2 Å². The molecular formula is C10H14O. The molecule has 11 heavy (non-hydrogen) atoms. The van der Waals surface area contributed by atoms with Crippen LogP contribution in [0.5, 0.6) is 0 Å². The van der Waals surface area contributed by atoms with Crippen molar-refractivity contribution in [1.82, 2.24) is 0 Å². The smallest absolute Gasteiger partial charge is 0.136 e. The minimum Gasteiger partial charge on any atom is -0.299 e. The van der Waals surface area contributed by atoms with Gasteiger partial charge in [0.15, 0.2) is 0 Å². The van der Waals surface area contributed by atoms with Crippen LogP contribution in [-0.4, -0.2) is 5.78 Å². The number of hydrogen-bond donors (Lipinski definition) is 0. The van der Waals surface area contributed by atoms with E-state index in [1.54, 1.807) is 0 Å². The van der Waals surface area contributed by atoms with Crippen molar-refractivity contribution in [3.8, 4) is 0 Å². The fourth-order valence-electron chi connectivity index (χ4n) is 2.39. The summed E-state index contributed by atoms with van der Waals surface area (Å²) >= 11 is 0. The first-order valence-electron chi connectivity index (χ1n) is 4.50. The summed E-state index contributed by atoms with van der Waals surface area (Å²) in [6.45, 7) is 2.04. The molecule has 2 aliphatic carbocycles. The Balaban J connectivity index is 2.05. The van der Waals surface area contributed by atoms with E-state index in [0.29, 0.717) is 17.6 Å². The molecule has 0 unspecified atom stereocenters. The first-order chi connectivity index (χ1) is 5.34. The Kier molecular flexibility index (Phi) is 1.59. The van der Waals surface area contributed by atoms with E-state index < -0.39 is 0 Å². The van der Waals surface area contributed by atoms with E-state index in [1.165, 1.54) is 6.42 Å². The molecule has 60 valence electrons. The van der Waals surface area contributed by atoms with Crippen molar-refractivity contribution < 1.29 is 4.79 Å². The molecule has 0 bridgehead atoms. The van der Waals surface area contributed by atoms with E-state index in [-0.39, 0.29) is 0 Å². The van der Waals surface area contributed by atoms with Gasteiger partial charge in [-0.3, -0.25) is 4.79 Å². The van der Waals surface area contributed by atoms with Crippen LogP contribution in [0.25, 0.3) is 0 Å². The van der Waals surface area contributed by atoms with Crippen molar-refractivity contribution in [2.24, 2.45) is 17.8 Å². The molecule has 0 amide bonds. The quantitative estimate of drug-likeness (QED) is 0.523. The lowest BCUT2D eigenvalue weighted by Crippen LogP contribution is -2.07. The molecule has 3 atom stereocenters. The molecule has 1 nitrogen and oxygen atoms in total. The monoisotopic (exact) mass is 150 g/mol. The fraction of sp³-hybridized carbons (Fsp3) is 0.700. The molecule has 0 spiro atoms. The maximum Gasteiger partial charge on any atom is 0.136 e. The van der Waals surface area contributed by atoms with Crippen LogP contribution < -0.4 is 0 Å². The average molecular weight is 150 g/mol. The van der Waals surface area contributed by atoms with Crippen LogP contribution in [0.4, 0.5) is 0 Å². The third kappa shape index (κ3) is 1.03. The molecule has 0 aromatic rings. The maximum atomic E-state index is 11.3. The lowest BCUT2D eigenvalue weighted by Gasteiger charge is -2.04. The fourth-order valence-corrected chi connectivity index (χ4v) is 2.39. The Labute approximate surface area is 67.5 Å². The Hall–Kier alpha value is -0.590. The molecule has 0 saturated heterocycles. The van der Waals surface area contributed by atoms with Gasteiger partial charge in [0.1, 0.15) is 5.78 Å². The van der Waals surface area contributed by atoms with E-state index >= 15 is 0 Å². The van der Waals surface area contributed by atoms with Crippen molar-refractivity contribution in [2.75, 3.05) is 0 Å². The summed E-state index contributed by atoms with van der Waals surface area (Å²) in [5.41, 5.74) is 0. The summed E-state index contributed by atoms with van der Waals surface area (Å²) in [5, 5.41) is 0. The zero-order valence-corrected chi connectivity index (χ0v) is 6.92. The number of carbonyl (C=O) groups is 1. The normalized spacial score (nSPS) is 42.6. The predicted octanol–water partition coefficient (Wildman–Crippen LogP) is 2.18. The van der Waals surface area contributed by atoms with Gasteiger partial charge in [-0.2, -0.15) is 0 Å². The van der Waals surface area contributed by atoms with Crippen molar-refractivity contribution in [1.29, 1.82) is 0 Å². The Morgan fingerprint density at radius 1 is 1.55 bits per heavy atom. The minimum absolute atomic E-state index is 0.431. The summed E-state index contributed by atoms with van der Waals surface area (Å²) in [4.78, 5) is 11.3. The predicted molar refractivity (Wildman–Crippen MR) is 44.1 cm³/mol. The third-order valence-corrected chi connectivity index (χ3v) is 2.98. The van der Waals surface area contributed by atoms with Gasteiger partial charge in [0.05, 0.1) is 0 Å². The van der Waals surface area contributed by atoms with Crippen LogP contribution in [0, 0.1) is 17.8 Å². The summed E-state index contributed by atoms with van der Waals surface area (Å²) in [6, 6.07) is 0. The van der Waals surface area contributed by atoms with Crippen LogP contribution >= 0.6 is 0 Å². The van der Waals surface area contributed by atoms with Gasteiger partial charge in [0.25, 0.3) is 0 Å². The van der Waals surface area contributed by atoms with Crippen LogP contribution in [0.15, 0.2) is 12.2 Å². The highest BCUT2D eigenvalue weighted by Crippen LogP contribution is 2.54. The molecule has 2 aliphatic rings. The minimum atomic E-state index is 0.431. The second-order valence-corrected chi connectivity index (χ2v) is 3.65. The van der Waals surface area contributed by atoms with Gasteiger partial charge < -0.3 is 0 Å². The molecule has 0 aromatic heterocycles. The van der Waals surface area contributed by atoms with Gasteiger partial charge in [-0.25, -0.2) is 0 Å². The molecule has 0 radical (unpaired) electrons. The molecule has 1 heteroatoms. The first kappa shape index (κ1) is 7.08. The first-order valence-corrected chi connectivity index (χ1v) is 4.50. The van der Waals surface area contributed by atoms with Gasteiger partial charge in [0.2, 0.25) is 0 Å². The van der Waals surface area contributed by atoms with Gasteiger partial charge in [-0.05, 0) is 31.6 Å². The highest BCUT2D eigenvalue weighted by Gasteiger charge is 2.53. The van der Waals surface area contributed by atoms with Gasteiger partial charge in [0, 0.05) is 12.3 Å². The number of fused-ring (bicyclic) bond motifs is 1. The van der Waals surface area contributed by atoms with Crippen LogP contribution in [-0.2, 0) is 4.79 Å². The standard InChI is InChI=1S/C10H14O/c1-2-4-7-8-5-3-6-9(11)10(7)8/h2,4,7-8,10H,3,5-6H2,1H3/b4-2+/t7-,8-,10+/m0/s1. The summed E-state index contributed by atoms with van der Waals surface area (Å²) < 4.78 is 0. The van der Waals surface area contributed by atoms with Crippen LogP contribution in [0.3, 0.4) is 0 Å². The van der Waals surface area contributed by atoms with E-state index in [2.05, 4.69) is 12.2 Å². The highest BCUT2D eigenvalue weighted by atomic mass is 16.1. The molecule has 0 aromatic carbocycles. The number of rotatable bonds is 1. The topological polar surface area (TPSA) is 17.1 Å². The second kappa shape index (κ2) is 2.47. The summed E-state index contributed by atoms with van der Waals surface area (Å²) in [7, 11) is 0. The van der Waals surface area contributed by atoms with E-state index in [9.17, 15) is 4.79 Å². The van der Waals surface area contributed by atoms with Gasteiger partial charge >= 0.3 is 0 Å². The molecule has 2 rings (SSSR count). The Bertz CT molecular complexity index is 205. The summed E-state index contributed by atoms with van der Waals surface area (Å²) in [6.07, 6.45) is 7.55. The molecule has 0 heterocycles. The number of carbonyl (C=O) groups excluding carboxylic acids is 1. The van der Waals surface area contributed by atoms with Crippen LogP contribution in [0.1, 0.15) is 26.2 Å². The highest BCUT2D eigenvalue weighted by molar-refractivity contribution is 5.85. The molecule has 2 saturated carbocycles. The van der Waals surface area contributed by atoms with E-state index in [1.807, 2.05) is 6.92 Å². The Morgan fingerprint density at radius 2 is 2.36 bits per heavy atom. The zero-order chi connectivity index (χ0) is 7.84. The number of hydrogen-bond acceptors (Lipinski definition) is 1. The van der Waals surface area contributed by atoms with Crippen molar-refractivity contribution >= 4 is 5.78 Å². The number of allylic oxidation sites excluding steroid dienone is 2. The molecule has 2 fully saturated rings. The van der Waals surface area contributed by atoms with Gasteiger partial charge in [-0.1, -0.05) is 12.2 Å². The maximum absolute atomic E-state index is 11.3. The molecule has 0 aliphatic heterocycles. The van der Waals surface area contributed by atoms with Gasteiger partial charge in [-0.15, -0.1) is 0 Å². The lowest BCUT2D eigenvalue weighted by atomic mass is 10.00. The SMILES string of the molecule is C/C=C/[C@H]1[C@@H]2CCCC(=O)[C@H]12.